The Bertz CT molecular complexity index is 319. The largest absolute Gasteiger partial charge is 0.468 e. The Balaban J connectivity index is 1.88. The van der Waals surface area contributed by atoms with Crippen molar-refractivity contribution in [1.29, 1.82) is 0 Å². The van der Waals surface area contributed by atoms with Gasteiger partial charge in [0.1, 0.15) is 5.92 Å². The summed E-state index contributed by atoms with van der Waals surface area (Å²) in [4.78, 5) is 24.0. The number of hydrogen-bond donors (Lipinski definition) is 1. The van der Waals surface area contributed by atoms with Crippen LogP contribution in [0.15, 0.2) is 0 Å². The van der Waals surface area contributed by atoms with Crippen molar-refractivity contribution >= 4 is 11.9 Å². The molecule has 2 fully saturated rings. The van der Waals surface area contributed by atoms with Crippen LogP contribution >= 0.6 is 0 Å². The molecule has 1 aliphatic carbocycles. The molecule has 0 unspecified atom stereocenters. The Morgan fingerprint density at radius 1 is 1.26 bits per heavy atom. The van der Waals surface area contributed by atoms with Crippen LogP contribution in [0.3, 0.4) is 0 Å². The molecule has 0 radical (unpaired) electrons. The van der Waals surface area contributed by atoms with Gasteiger partial charge in [0.15, 0.2) is 0 Å². The first-order valence-corrected chi connectivity index (χ1v) is 7.19. The van der Waals surface area contributed by atoms with Crippen molar-refractivity contribution in [1.82, 2.24) is 5.32 Å². The molecule has 1 heterocycles. The molecule has 1 saturated heterocycles. The average molecular weight is 269 g/mol. The molecule has 2 atom stereocenters. The first-order chi connectivity index (χ1) is 9.22. The van der Waals surface area contributed by atoms with Gasteiger partial charge in [-0.05, 0) is 31.6 Å². The summed E-state index contributed by atoms with van der Waals surface area (Å²) in [5.74, 6) is -1.11. The molecular weight excluding hydrogens is 246 g/mol. The van der Waals surface area contributed by atoms with E-state index in [0.717, 1.165) is 45.1 Å². The molecule has 0 aromatic rings. The molecular formula is C14H23NO4. The zero-order chi connectivity index (χ0) is 13.7. The molecule has 2 aliphatic rings. The van der Waals surface area contributed by atoms with E-state index in [1.165, 1.54) is 7.11 Å². The van der Waals surface area contributed by atoms with Crippen LogP contribution in [-0.4, -0.2) is 38.2 Å². The van der Waals surface area contributed by atoms with Crippen molar-refractivity contribution < 1.29 is 19.1 Å². The fraction of sp³-hybridized carbons (Fsp3) is 0.857. The van der Waals surface area contributed by atoms with E-state index in [9.17, 15) is 9.59 Å². The van der Waals surface area contributed by atoms with Gasteiger partial charge in [0.2, 0.25) is 5.91 Å². The summed E-state index contributed by atoms with van der Waals surface area (Å²) in [5.41, 5.74) is 0. The normalized spacial score (nSPS) is 25.2. The van der Waals surface area contributed by atoms with Crippen LogP contribution in [0, 0.1) is 11.8 Å². The Morgan fingerprint density at radius 3 is 2.58 bits per heavy atom. The second-order valence-electron chi connectivity index (χ2n) is 5.43. The van der Waals surface area contributed by atoms with Crippen LogP contribution in [-0.2, 0) is 19.1 Å². The minimum absolute atomic E-state index is 0.103. The van der Waals surface area contributed by atoms with Gasteiger partial charge >= 0.3 is 5.97 Å². The van der Waals surface area contributed by atoms with Gasteiger partial charge in [0.05, 0.1) is 13.2 Å². The molecule has 1 amide bonds. The molecule has 1 saturated carbocycles. The van der Waals surface area contributed by atoms with E-state index in [2.05, 4.69) is 5.32 Å². The SMILES string of the molecule is COC(=O)[C@H](C(=O)NC[C@@H]1CCCO1)C1CCCC1. The summed E-state index contributed by atoms with van der Waals surface area (Å²) < 4.78 is 10.3. The highest BCUT2D eigenvalue weighted by Crippen LogP contribution is 2.32. The summed E-state index contributed by atoms with van der Waals surface area (Å²) >= 11 is 0. The highest BCUT2D eigenvalue weighted by atomic mass is 16.5. The van der Waals surface area contributed by atoms with Gasteiger partial charge in [-0.1, -0.05) is 12.8 Å². The highest BCUT2D eigenvalue weighted by molar-refractivity contribution is 5.98. The molecule has 5 nitrogen and oxygen atoms in total. The van der Waals surface area contributed by atoms with Crippen molar-refractivity contribution in [2.24, 2.45) is 11.8 Å². The Kier molecular flexibility index (Phi) is 5.19. The molecule has 108 valence electrons. The lowest BCUT2D eigenvalue weighted by Crippen LogP contribution is -2.42. The van der Waals surface area contributed by atoms with E-state index < -0.39 is 11.9 Å². The molecule has 1 N–H and O–H groups in total. The Labute approximate surface area is 114 Å². The van der Waals surface area contributed by atoms with Crippen molar-refractivity contribution in [2.45, 2.75) is 44.6 Å². The third-order valence-electron chi connectivity index (χ3n) is 4.14. The molecule has 0 bridgehead atoms. The maximum Gasteiger partial charge on any atom is 0.318 e. The second-order valence-corrected chi connectivity index (χ2v) is 5.43. The Morgan fingerprint density at radius 2 is 2.00 bits per heavy atom. The predicted octanol–water partition coefficient (Wildman–Crippen LogP) is 1.26. The molecule has 1 aliphatic heterocycles. The van der Waals surface area contributed by atoms with Crippen molar-refractivity contribution in [2.75, 3.05) is 20.3 Å². The lowest BCUT2D eigenvalue weighted by Gasteiger charge is -2.21. The average Bonchev–Trinajstić information content (AvgIpc) is 3.09. The van der Waals surface area contributed by atoms with E-state index in [1.54, 1.807) is 0 Å². The lowest BCUT2D eigenvalue weighted by atomic mass is 9.90. The fourth-order valence-corrected chi connectivity index (χ4v) is 3.06. The zero-order valence-corrected chi connectivity index (χ0v) is 11.5. The number of ether oxygens (including phenoxy) is 2. The van der Waals surface area contributed by atoms with Crippen LogP contribution in [0.5, 0.6) is 0 Å². The number of nitrogens with one attached hydrogen (secondary N) is 1. The van der Waals surface area contributed by atoms with Crippen LogP contribution in [0.2, 0.25) is 0 Å². The number of methoxy groups -OCH3 is 1. The van der Waals surface area contributed by atoms with Crippen molar-refractivity contribution in [3.63, 3.8) is 0 Å². The highest BCUT2D eigenvalue weighted by Gasteiger charge is 2.37. The van der Waals surface area contributed by atoms with Gasteiger partial charge in [-0.25, -0.2) is 0 Å². The number of rotatable bonds is 5. The second kappa shape index (κ2) is 6.89. The molecule has 5 heteroatoms. The van der Waals surface area contributed by atoms with E-state index in [1.807, 2.05) is 0 Å². The van der Waals surface area contributed by atoms with Crippen LogP contribution in [0.25, 0.3) is 0 Å². The lowest BCUT2D eigenvalue weighted by molar-refractivity contribution is -0.152. The summed E-state index contributed by atoms with van der Waals surface area (Å²) in [6, 6.07) is 0. The zero-order valence-electron chi connectivity index (χ0n) is 11.5. The number of carbonyl (C=O) groups excluding carboxylic acids is 2. The van der Waals surface area contributed by atoms with Gasteiger partial charge in [-0.3, -0.25) is 9.59 Å². The minimum atomic E-state index is -0.645. The summed E-state index contributed by atoms with van der Waals surface area (Å²) in [6.45, 7) is 1.27. The number of esters is 1. The molecule has 0 spiro atoms. The maximum atomic E-state index is 12.2. The van der Waals surface area contributed by atoms with Crippen LogP contribution in [0.1, 0.15) is 38.5 Å². The van der Waals surface area contributed by atoms with E-state index >= 15 is 0 Å². The minimum Gasteiger partial charge on any atom is -0.468 e. The van der Waals surface area contributed by atoms with Crippen molar-refractivity contribution in [3.8, 4) is 0 Å². The fourth-order valence-electron chi connectivity index (χ4n) is 3.06. The quantitative estimate of drug-likeness (QED) is 0.603. The van der Waals surface area contributed by atoms with Gasteiger partial charge < -0.3 is 14.8 Å². The van der Waals surface area contributed by atoms with Gasteiger partial charge in [-0.2, -0.15) is 0 Å². The summed E-state index contributed by atoms with van der Waals surface area (Å²) in [7, 11) is 1.34. The number of hydrogen-bond acceptors (Lipinski definition) is 4. The van der Waals surface area contributed by atoms with Crippen molar-refractivity contribution in [3.05, 3.63) is 0 Å². The molecule has 2 rings (SSSR count). The molecule has 19 heavy (non-hydrogen) atoms. The number of amides is 1. The third-order valence-corrected chi connectivity index (χ3v) is 4.14. The number of carbonyl (C=O) groups is 2. The standard InChI is InChI=1S/C14H23NO4/c1-18-14(17)12(10-5-2-3-6-10)13(16)15-9-11-7-4-8-19-11/h10-12H,2-9H2,1H3,(H,15,16)/t11-,12-/m0/s1. The van der Waals surface area contributed by atoms with E-state index in [0.29, 0.717) is 6.54 Å². The third kappa shape index (κ3) is 3.69. The topological polar surface area (TPSA) is 64.6 Å². The van der Waals surface area contributed by atoms with Crippen LogP contribution < -0.4 is 5.32 Å². The smallest absolute Gasteiger partial charge is 0.318 e. The van der Waals surface area contributed by atoms with Gasteiger partial charge in [-0.15, -0.1) is 0 Å². The van der Waals surface area contributed by atoms with Gasteiger partial charge in [0.25, 0.3) is 0 Å². The summed E-state index contributed by atoms with van der Waals surface area (Å²) in [6.07, 6.45) is 6.19. The molecule has 0 aromatic carbocycles. The first kappa shape index (κ1) is 14.3. The summed E-state index contributed by atoms with van der Waals surface area (Å²) in [5, 5.41) is 2.85. The Hall–Kier alpha value is -1.10. The van der Waals surface area contributed by atoms with Crippen LogP contribution in [0.4, 0.5) is 0 Å². The van der Waals surface area contributed by atoms with Gasteiger partial charge in [0, 0.05) is 13.2 Å². The monoisotopic (exact) mass is 269 g/mol. The first-order valence-electron chi connectivity index (χ1n) is 7.19. The van der Waals surface area contributed by atoms with E-state index in [-0.39, 0.29) is 17.9 Å². The molecule has 0 aromatic heterocycles. The maximum absolute atomic E-state index is 12.2. The predicted molar refractivity (Wildman–Crippen MR) is 69.4 cm³/mol. The van der Waals surface area contributed by atoms with E-state index in [4.69, 9.17) is 9.47 Å².